The molecule has 1 atom stereocenters. The summed E-state index contributed by atoms with van der Waals surface area (Å²) in [5.41, 5.74) is 0.499. The predicted octanol–water partition coefficient (Wildman–Crippen LogP) is 2.84. The van der Waals surface area contributed by atoms with Crippen molar-refractivity contribution >= 4 is 11.6 Å². The van der Waals surface area contributed by atoms with Crippen molar-refractivity contribution in [3.05, 3.63) is 34.9 Å². The molecule has 2 rings (SSSR count). The summed E-state index contributed by atoms with van der Waals surface area (Å²) in [6, 6.07) is 3.95. The number of hydrogen-bond donors (Lipinski definition) is 1. The molecule has 6 heteroatoms. The van der Waals surface area contributed by atoms with Crippen molar-refractivity contribution < 1.29 is 14.0 Å². The molecule has 0 aliphatic carbocycles. The number of halogens is 2. The van der Waals surface area contributed by atoms with Gasteiger partial charge in [-0.1, -0.05) is 23.7 Å². The van der Waals surface area contributed by atoms with Crippen molar-refractivity contribution in [2.75, 3.05) is 0 Å². The van der Waals surface area contributed by atoms with Crippen LogP contribution in [0.25, 0.3) is 11.4 Å². The quantitative estimate of drug-likeness (QED) is 0.928. The summed E-state index contributed by atoms with van der Waals surface area (Å²) in [4.78, 5) is 4.11. The molecular formula is C12H12ClFN2O2. The molecule has 0 radical (unpaired) electrons. The Morgan fingerprint density at radius 2 is 2.28 bits per heavy atom. The number of aliphatic hydroxyl groups excluding tert-OH is 1. The molecule has 1 unspecified atom stereocenters. The van der Waals surface area contributed by atoms with Crippen LogP contribution in [0.4, 0.5) is 4.39 Å². The average Bonchev–Trinajstić information content (AvgIpc) is 2.77. The molecule has 1 aromatic carbocycles. The first-order valence-corrected chi connectivity index (χ1v) is 5.94. The highest BCUT2D eigenvalue weighted by Gasteiger charge is 2.14. The van der Waals surface area contributed by atoms with Crippen molar-refractivity contribution in [3.8, 4) is 11.4 Å². The van der Waals surface area contributed by atoms with E-state index in [9.17, 15) is 9.50 Å². The molecule has 0 saturated carbocycles. The van der Waals surface area contributed by atoms with Gasteiger partial charge in [-0.05, 0) is 24.6 Å². The Labute approximate surface area is 108 Å². The number of hydrogen-bond acceptors (Lipinski definition) is 4. The normalized spacial score (nSPS) is 12.7. The summed E-state index contributed by atoms with van der Waals surface area (Å²) >= 11 is 5.90. The molecular weight excluding hydrogens is 259 g/mol. The van der Waals surface area contributed by atoms with E-state index in [1.165, 1.54) is 18.2 Å². The van der Waals surface area contributed by atoms with Crippen molar-refractivity contribution in [1.82, 2.24) is 10.1 Å². The Kier molecular flexibility index (Phi) is 3.93. The van der Waals surface area contributed by atoms with E-state index in [-0.39, 0.29) is 5.02 Å². The van der Waals surface area contributed by atoms with Gasteiger partial charge >= 0.3 is 0 Å². The minimum atomic E-state index is -0.512. The number of aliphatic hydroxyl groups is 1. The molecule has 0 amide bonds. The Morgan fingerprint density at radius 1 is 1.50 bits per heavy atom. The van der Waals surface area contributed by atoms with Crippen LogP contribution >= 0.6 is 11.6 Å². The molecule has 0 aliphatic heterocycles. The highest BCUT2D eigenvalue weighted by Crippen LogP contribution is 2.26. The summed E-state index contributed by atoms with van der Waals surface area (Å²) in [6.45, 7) is 1.86. The molecule has 0 spiro atoms. The molecule has 18 heavy (non-hydrogen) atoms. The van der Waals surface area contributed by atoms with Crippen LogP contribution in [-0.2, 0) is 6.42 Å². The molecule has 1 N–H and O–H groups in total. The number of rotatable bonds is 4. The van der Waals surface area contributed by atoms with Gasteiger partial charge in [-0.25, -0.2) is 4.39 Å². The second kappa shape index (κ2) is 5.46. The molecule has 0 aliphatic rings. The fraction of sp³-hybridized carbons (Fsp3) is 0.333. The average molecular weight is 271 g/mol. The van der Waals surface area contributed by atoms with E-state index in [0.717, 1.165) is 0 Å². The summed E-state index contributed by atoms with van der Waals surface area (Å²) in [5.74, 6) is 0.201. The van der Waals surface area contributed by atoms with Gasteiger partial charge in [0.25, 0.3) is 0 Å². The van der Waals surface area contributed by atoms with Crippen LogP contribution in [-0.4, -0.2) is 21.4 Å². The Bertz CT molecular complexity index is 545. The number of benzene rings is 1. The van der Waals surface area contributed by atoms with Gasteiger partial charge in [0, 0.05) is 5.56 Å². The minimum absolute atomic E-state index is 0.221. The highest BCUT2D eigenvalue weighted by molar-refractivity contribution is 6.33. The molecule has 1 aromatic heterocycles. The van der Waals surface area contributed by atoms with Gasteiger partial charge < -0.3 is 9.63 Å². The second-order valence-corrected chi connectivity index (χ2v) is 4.31. The first-order chi connectivity index (χ1) is 8.60. The molecule has 2 aromatic rings. The van der Waals surface area contributed by atoms with E-state index in [1.54, 1.807) is 0 Å². The van der Waals surface area contributed by atoms with E-state index in [4.69, 9.17) is 16.1 Å². The fourth-order valence-electron chi connectivity index (χ4n) is 1.46. The van der Waals surface area contributed by atoms with Crippen LogP contribution in [0.1, 0.15) is 19.2 Å². The predicted molar refractivity (Wildman–Crippen MR) is 64.7 cm³/mol. The van der Waals surface area contributed by atoms with Crippen molar-refractivity contribution in [3.63, 3.8) is 0 Å². The van der Waals surface area contributed by atoms with Crippen molar-refractivity contribution in [2.24, 2.45) is 0 Å². The third kappa shape index (κ3) is 2.86. The van der Waals surface area contributed by atoms with Gasteiger partial charge in [-0.15, -0.1) is 0 Å². The van der Waals surface area contributed by atoms with Gasteiger partial charge in [-0.2, -0.15) is 4.98 Å². The maximum absolute atomic E-state index is 12.9. The zero-order chi connectivity index (χ0) is 13.1. The van der Waals surface area contributed by atoms with Crippen LogP contribution in [0.5, 0.6) is 0 Å². The van der Waals surface area contributed by atoms with Gasteiger partial charge in [0.05, 0.1) is 17.5 Å². The maximum Gasteiger partial charge on any atom is 0.229 e. The van der Waals surface area contributed by atoms with E-state index in [2.05, 4.69) is 10.1 Å². The minimum Gasteiger partial charge on any atom is -0.393 e. The highest BCUT2D eigenvalue weighted by atomic mass is 35.5. The van der Waals surface area contributed by atoms with Gasteiger partial charge in [0.15, 0.2) is 0 Å². The van der Waals surface area contributed by atoms with Gasteiger partial charge in [0.1, 0.15) is 5.82 Å². The molecule has 4 nitrogen and oxygen atoms in total. The SMILES string of the molecule is CCC(O)Cc1nc(-c2ccc(F)cc2Cl)no1. The summed E-state index contributed by atoms with van der Waals surface area (Å²) in [7, 11) is 0. The van der Waals surface area contributed by atoms with E-state index in [1.807, 2.05) is 6.92 Å². The largest absolute Gasteiger partial charge is 0.393 e. The standard InChI is InChI=1S/C12H12ClFN2O2/c1-2-8(17)6-11-15-12(16-18-11)9-4-3-7(14)5-10(9)13/h3-5,8,17H,2,6H2,1H3. The summed E-state index contributed by atoms with van der Waals surface area (Å²) in [6.07, 6.45) is 0.388. The zero-order valence-corrected chi connectivity index (χ0v) is 10.5. The van der Waals surface area contributed by atoms with Gasteiger partial charge in [0.2, 0.25) is 11.7 Å². The topological polar surface area (TPSA) is 59.2 Å². The van der Waals surface area contributed by atoms with Crippen LogP contribution in [0.15, 0.2) is 22.7 Å². The first-order valence-electron chi connectivity index (χ1n) is 5.56. The third-order valence-corrected chi connectivity index (χ3v) is 2.83. The monoisotopic (exact) mass is 270 g/mol. The molecule has 1 heterocycles. The number of aromatic nitrogens is 2. The second-order valence-electron chi connectivity index (χ2n) is 3.90. The van der Waals surface area contributed by atoms with Crippen LogP contribution in [0, 0.1) is 5.82 Å². The summed E-state index contributed by atoms with van der Waals surface area (Å²) < 4.78 is 17.9. The lowest BCUT2D eigenvalue weighted by atomic mass is 10.2. The van der Waals surface area contributed by atoms with Gasteiger partial charge in [-0.3, -0.25) is 0 Å². The lowest BCUT2D eigenvalue weighted by Gasteiger charge is -2.01. The third-order valence-electron chi connectivity index (χ3n) is 2.52. The smallest absolute Gasteiger partial charge is 0.229 e. The Morgan fingerprint density at radius 3 is 2.94 bits per heavy atom. The lowest BCUT2D eigenvalue weighted by molar-refractivity contribution is 0.158. The van der Waals surface area contributed by atoms with Crippen LogP contribution in [0.3, 0.4) is 0 Å². The Balaban J connectivity index is 2.24. The van der Waals surface area contributed by atoms with E-state index in [0.29, 0.717) is 30.1 Å². The first kappa shape index (κ1) is 13.0. The summed E-state index contributed by atoms with van der Waals surface area (Å²) in [5, 5.41) is 13.5. The zero-order valence-electron chi connectivity index (χ0n) is 9.73. The molecule has 0 fully saturated rings. The molecule has 0 saturated heterocycles. The fourth-order valence-corrected chi connectivity index (χ4v) is 1.72. The molecule has 0 bridgehead atoms. The number of nitrogens with zero attached hydrogens (tertiary/aromatic N) is 2. The lowest BCUT2D eigenvalue weighted by Crippen LogP contribution is -2.08. The van der Waals surface area contributed by atoms with Crippen LogP contribution < -0.4 is 0 Å². The van der Waals surface area contributed by atoms with E-state index < -0.39 is 11.9 Å². The maximum atomic E-state index is 12.9. The van der Waals surface area contributed by atoms with Crippen molar-refractivity contribution in [2.45, 2.75) is 25.9 Å². The Hall–Kier alpha value is -1.46. The van der Waals surface area contributed by atoms with Crippen molar-refractivity contribution in [1.29, 1.82) is 0 Å². The molecule has 96 valence electrons. The van der Waals surface area contributed by atoms with E-state index >= 15 is 0 Å². The van der Waals surface area contributed by atoms with Crippen LogP contribution in [0.2, 0.25) is 5.02 Å².